The van der Waals surface area contributed by atoms with Crippen LogP contribution in [-0.2, 0) is 22.6 Å². The van der Waals surface area contributed by atoms with E-state index in [1.807, 2.05) is 66.7 Å². The Kier molecular flexibility index (Phi) is 10.9. The summed E-state index contributed by atoms with van der Waals surface area (Å²) in [7, 11) is 0. The molecule has 0 aliphatic carbocycles. The van der Waals surface area contributed by atoms with Crippen molar-refractivity contribution in [2.75, 3.05) is 13.2 Å². The first-order chi connectivity index (χ1) is 19.4. The van der Waals surface area contributed by atoms with E-state index in [0.29, 0.717) is 34.3 Å². The van der Waals surface area contributed by atoms with Gasteiger partial charge in [-0.2, -0.15) is 0 Å². The molecule has 0 aliphatic heterocycles. The molecule has 4 rings (SSSR count). The molecule has 0 saturated carbocycles. The maximum absolute atomic E-state index is 13.9. The Morgan fingerprint density at radius 3 is 2.35 bits per heavy atom. The van der Waals surface area contributed by atoms with Gasteiger partial charge in [0.1, 0.15) is 11.8 Å². The number of hydrogen-bond acceptors (Lipinski definition) is 3. The Morgan fingerprint density at radius 1 is 0.925 bits per heavy atom. The quantitative estimate of drug-likeness (QED) is 0.160. The lowest BCUT2D eigenvalue weighted by Gasteiger charge is -2.32. The molecule has 4 aromatic carbocycles. The minimum atomic E-state index is -0.803. The second kappa shape index (κ2) is 14.5. The van der Waals surface area contributed by atoms with Crippen LogP contribution in [0.15, 0.2) is 89.4 Å². The third-order valence-electron chi connectivity index (χ3n) is 6.67. The van der Waals surface area contributed by atoms with Crippen molar-refractivity contribution in [1.29, 1.82) is 0 Å². The lowest BCUT2D eigenvalue weighted by atomic mass is 10.0. The maximum Gasteiger partial charge on any atom is 0.261 e. The number of nitrogens with zero attached hydrogens (tertiary/aromatic N) is 1. The Hall–Kier alpha value is -3.06. The van der Waals surface area contributed by atoms with Crippen molar-refractivity contribution in [3.05, 3.63) is 111 Å². The van der Waals surface area contributed by atoms with Gasteiger partial charge >= 0.3 is 0 Å². The highest BCUT2D eigenvalue weighted by Crippen LogP contribution is 2.33. The summed E-state index contributed by atoms with van der Waals surface area (Å²) in [6.45, 7) is 2.37. The standard InChI is InChI=1S/C32H31BrCl2N2O3/c1-2-3-18-36-32(39)28(19-22-10-5-4-6-11-22)37(20-25-26(34)14-9-15-27(25)35)30(38)21-40-29-17-16-23-12-7-8-13-24(23)31(29)33/h4-17,28H,2-3,18-21H2,1H3,(H,36,39). The topological polar surface area (TPSA) is 58.6 Å². The van der Waals surface area contributed by atoms with Gasteiger partial charge in [0.15, 0.2) is 6.61 Å². The molecular formula is C32H31BrCl2N2O3. The molecule has 5 nitrogen and oxygen atoms in total. The first-order valence-electron chi connectivity index (χ1n) is 13.2. The van der Waals surface area contributed by atoms with E-state index in [2.05, 4.69) is 28.2 Å². The van der Waals surface area contributed by atoms with Crippen LogP contribution in [0.4, 0.5) is 0 Å². The van der Waals surface area contributed by atoms with Crippen molar-refractivity contribution < 1.29 is 14.3 Å². The highest BCUT2D eigenvalue weighted by molar-refractivity contribution is 9.10. The van der Waals surface area contributed by atoms with Gasteiger partial charge in [-0.25, -0.2) is 0 Å². The SMILES string of the molecule is CCCCNC(=O)C(Cc1ccccc1)N(Cc1c(Cl)cccc1Cl)C(=O)COc1ccc2ccccc2c1Br. The molecule has 0 saturated heterocycles. The summed E-state index contributed by atoms with van der Waals surface area (Å²) in [6, 6.07) is 25.7. The average molecular weight is 642 g/mol. The highest BCUT2D eigenvalue weighted by atomic mass is 79.9. The number of ether oxygens (including phenoxy) is 1. The molecule has 0 radical (unpaired) electrons. The molecule has 4 aromatic rings. The summed E-state index contributed by atoms with van der Waals surface area (Å²) in [5, 5.41) is 5.89. The van der Waals surface area contributed by atoms with E-state index >= 15 is 0 Å². The lowest BCUT2D eigenvalue weighted by molar-refractivity contribution is -0.142. The molecule has 8 heteroatoms. The molecule has 208 valence electrons. The van der Waals surface area contributed by atoms with E-state index in [1.54, 1.807) is 18.2 Å². The van der Waals surface area contributed by atoms with Gasteiger partial charge in [-0.1, -0.05) is 103 Å². The molecule has 0 bridgehead atoms. The number of amides is 2. The van der Waals surface area contributed by atoms with Crippen LogP contribution in [0.1, 0.15) is 30.9 Å². The monoisotopic (exact) mass is 640 g/mol. The highest BCUT2D eigenvalue weighted by Gasteiger charge is 2.31. The predicted molar refractivity (Wildman–Crippen MR) is 166 cm³/mol. The predicted octanol–water partition coefficient (Wildman–Crippen LogP) is 7.84. The Morgan fingerprint density at radius 2 is 1.62 bits per heavy atom. The van der Waals surface area contributed by atoms with Gasteiger partial charge in [0.2, 0.25) is 5.91 Å². The lowest BCUT2D eigenvalue weighted by Crippen LogP contribution is -2.52. The normalized spacial score (nSPS) is 11.7. The van der Waals surface area contributed by atoms with E-state index in [-0.39, 0.29) is 25.0 Å². The number of rotatable bonds is 12. The molecule has 1 unspecified atom stereocenters. The second-order valence-electron chi connectivity index (χ2n) is 9.46. The van der Waals surface area contributed by atoms with Crippen molar-refractivity contribution in [3.8, 4) is 5.75 Å². The largest absolute Gasteiger partial charge is 0.483 e. The zero-order valence-corrected chi connectivity index (χ0v) is 25.3. The summed E-state index contributed by atoms with van der Waals surface area (Å²) in [6.07, 6.45) is 2.11. The molecule has 0 heterocycles. The van der Waals surface area contributed by atoms with Gasteiger partial charge in [-0.3, -0.25) is 9.59 Å². The number of carbonyl (C=O) groups is 2. The third-order valence-corrected chi connectivity index (χ3v) is 8.20. The number of benzene rings is 4. The molecule has 1 N–H and O–H groups in total. The van der Waals surface area contributed by atoms with Crippen molar-refractivity contribution in [2.45, 2.75) is 38.8 Å². The summed E-state index contributed by atoms with van der Waals surface area (Å²) in [5.41, 5.74) is 1.50. The van der Waals surface area contributed by atoms with Gasteiger partial charge in [0.25, 0.3) is 5.91 Å². The Labute approximate surface area is 253 Å². The van der Waals surface area contributed by atoms with Crippen LogP contribution in [0.25, 0.3) is 10.8 Å². The van der Waals surface area contributed by atoms with Crippen LogP contribution in [0.5, 0.6) is 5.75 Å². The summed E-state index contributed by atoms with van der Waals surface area (Å²) < 4.78 is 6.79. The van der Waals surface area contributed by atoms with E-state index in [0.717, 1.165) is 33.7 Å². The van der Waals surface area contributed by atoms with Crippen LogP contribution in [0.3, 0.4) is 0 Å². The minimum Gasteiger partial charge on any atom is -0.483 e. The summed E-state index contributed by atoms with van der Waals surface area (Å²) in [4.78, 5) is 29.0. The zero-order valence-electron chi connectivity index (χ0n) is 22.2. The Balaban J connectivity index is 1.66. The van der Waals surface area contributed by atoms with E-state index in [1.165, 1.54) is 4.90 Å². The minimum absolute atomic E-state index is 0.0539. The second-order valence-corrected chi connectivity index (χ2v) is 11.1. The number of carbonyl (C=O) groups excluding carboxylic acids is 2. The van der Waals surface area contributed by atoms with E-state index in [9.17, 15) is 9.59 Å². The van der Waals surface area contributed by atoms with Crippen LogP contribution in [-0.4, -0.2) is 35.9 Å². The van der Waals surface area contributed by atoms with Gasteiger partial charge in [-0.05, 0) is 56.9 Å². The summed E-state index contributed by atoms with van der Waals surface area (Å²) >= 11 is 16.7. The van der Waals surface area contributed by atoms with Gasteiger partial charge in [-0.15, -0.1) is 0 Å². The van der Waals surface area contributed by atoms with Crippen molar-refractivity contribution >= 4 is 61.7 Å². The molecule has 0 aliphatic rings. The smallest absolute Gasteiger partial charge is 0.261 e. The molecule has 40 heavy (non-hydrogen) atoms. The van der Waals surface area contributed by atoms with Crippen LogP contribution >= 0.6 is 39.1 Å². The number of hydrogen-bond donors (Lipinski definition) is 1. The number of fused-ring (bicyclic) bond motifs is 1. The number of halogens is 3. The van der Waals surface area contributed by atoms with Crippen molar-refractivity contribution in [1.82, 2.24) is 10.2 Å². The number of unbranched alkanes of at least 4 members (excludes halogenated alkanes) is 1. The van der Waals surface area contributed by atoms with Gasteiger partial charge in [0, 0.05) is 35.1 Å². The molecular weight excluding hydrogens is 611 g/mol. The first-order valence-corrected chi connectivity index (χ1v) is 14.8. The van der Waals surface area contributed by atoms with Crippen molar-refractivity contribution in [2.24, 2.45) is 0 Å². The van der Waals surface area contributed by atoms with Crippen LogP contribution in [0, 0.1) is 0 Å². The zero-order chi connectivity index (χ0) is 28.5. The fourth-order valence-electron chi connectivity index (χ4n) is 4.46. The van der Waals surface area contributed by atoms with E-state index < -0.39 is 6.04 Å². The maximum atomic E-state index is 13.9. The fraction of sp³-hybridized carbons (Fsp3) is 0.250. The van der Waals surface area contributed by atoms with E-state index in [4.69, 9.17) is 27.9 Å². The molecule has 0 aromatic heterocycles. The van der Waals surface area contributed by atoms with Crippen LogP contribution < -0.4 is 10.1 Å². The molecule has 2 amide bonds. The first kappa shape index (κ1) is 29.9. The molecule has 0 spiro atoms. The van der Waals surface area contributed by atoms with Gasteiger partial charge < -0.3 is 15.0 Å². The summed E-state index contributed by atoms with van der Waals surface area (Å²) in [5.74, 6) is -0.0573. The fourth-order valence-corrected chi connectivity index (χ4v) is 5.59. The van der Waals surface area contributed by atoms with Crippen LogP contribution in [0.2, 0.25) is 10.0 Å². The Bertz CT molecular complexity index is 1450. The molecule has 0 fully saturated rings. The number of nitrogens with one attached hydrogen (secondary N) is 1. The average Bonchev–Trinajstić information content (AvgIpc) is 2.96. The van der Waals surface area contributed by atoms with Crippen molar-refractivity contribution in [3.63, 3.8) is 0 Å². The molecule has 1 atom stereocenters. The third kappa shape index (κ3) is 7.57. The van der Waals surface area contributed by atoms with Gasteiger partial charge in [0.05, 0.1) is 4.47 Å².